The number of nitrogens with one attached hydrogen (secondary N) is 4. The number of ether oxygens (including phenoxy) is 1. The van der Waals surface area contributed by atoms with Gasteiger partial charge in [0.05, 0.1) is 0 Å². The fourth-order valence-corrected chi connectivity index (χ4v) is 4.83. The van der Waals surface area contributed by atoms with Gasteiger partial charge in [0.1, 0.15) is 11.9 Å². The van der Waals surface area contributed by atoms with Crippen molar-refractivity contribution in [1.82, 2.24) is 25.2 Å². The van der Waals surface area contributed by atoms with E-state index in [9.17, 15) is 13.2 Å². The van der Waals surface area contributed by atoms with Crippen LogP contribution in [0.1, 0.15) is 50.3 Å². The summed E-state index contributed by atoms with van der Waals surface area (Å²) in [5.41, 5.74) is 1.59. The topological polar surface area (TPSA) is 138 Å². The molecule has 4 rings (SSSR count). The smallest absolute Gasteiger partial charge is 0.407 e. The first-order valence-corrected chi connectivity index (χ1v) is 11.1. The number of hydrogen-bond acceptors (Lipinski definition) is 7. The summed E-state index contributed by atoms with van der Waals surface area (Å²) in [5.74, 6) is 1.18. The summed E-state index contributed by atoms with van der Waals surface area (Å²) in [6.45, 7) is 4.04. The van der Waals surface area contributed by atoms with E-state index in [1.165, 1.54) is 0 Å². The number of anilines is 2. The van der Waals surface area contributed by atoms with Gasteiger partial charge < -0.3 is 15.4 Å². The van der Waals surface area contributed by atoms with Gasteiger partial charge in [-0.2, -0.15) is 5.10 Å². The van der Waals surface area contributed by atoms with Crippen LogP contribution in [-0.2, 0) is 21.3 Å². The number of pyridine rings is 1. The molecule has 4 N–H and O–H groups in total. The van der Waals surface area contributed by atoms with Crippen LogP contribution in [0.15, 0.2) is 23.2 Å². The molecule has 0 bridgehead atoms. The fraction of sp³-hybridized carbons (Fsp3) is 0.500. The summed E-state index contributed by atoms with van der Waals surface area (Å²) in [7, 11) is -3.53. The SMILES string of the molecule is CC(C)NC(=O)O[C@@H]1CC[C@H](c2cc(Nc3ccc4c(n3)S(=O)(=O)NC4)n[nH]2)C1. The van der Waals surface area contributed by atoms with Crippen LogP contribution < -0.4 is 15.4 Å². The van der Waals surface area contributed by atoms with Crippen LogP contribution >= 0.6 is 0 Å². The Balaban J connectivity index is 1.38. The Labute approximate surface area is 168 Å². The zero-order valence-corrected chi connectivity index (χ0v) is 17.0. The first kappa shape index (κ1) is 19.6. The zero-order valence-electron chi connectivity index (χ0n) is 16.2. The zero-order chi connectivity index (χ0) is 20.6. The van der Waals surface area contributed by atoms with Gasteiger partial charge in [0.25, 0.3) is 10.0 Å². The van der Waals surface area contributed by atoms with Crippen molar-refractivity contribution >= 4 is 27.8 Å². The minimum Gasteiger partial charge on any atom is -0.446 e. The van der Waals surface area contributed by atoms with Gasteiger partial charge in [-0.1, -0.05) is 6.07 Å². The lowest BCUT2D eigenvalue weighted by Gasteiger charge is -2.14. The van der Waals surface area contributed by atoms with Crippen molar-refractivity contribution in [3.05, 3.63) is 29.5 Å². The lowest BCUT2D eigenvalue weighted by Crippen LogP contribution is -2.33. The minimum atomic E-state index is -3.53. The molecule has 1 fully saturated rings. The molecule has 1 saturated carbocycles. The van der Waals surface area contributed by atoms with Crippen molar-refractivity contribution in [2.75, 3.05) is 5.32 Å². The van der Waals surface area contributed by atoms with Gasteiger partial charge in [0.2, 0.25) is 0 Å². The maximum atomic E-state index is 11.9. The Morgan fingerprint density at radius 3 is 2.90 bits per heavy atom. The van der Waals surface area contributed by atoms with Gasteiger partial charge in [0, 0.05) is 35.8 Å². The van der Waals surface area contributed by atoms with Crippen LogP contribution in [0, 0.1) is 0 Å². The predicted molar refractivity (Wildman–Crippen MR) is 105 cm³/mol. The summed E-state index contributed by atoms with van der Waals surface area (Å²) in [6.07, 6.45) is 1.92. The summed E-state index contributed by atoms with van der Waals surface area (Å²) in [6, 6.07) is 5.38. The number of alkyl carbamates (subject to hydrolysis) is 1. The highest BCUT2D eigenvalue weighted by molar-refractivity contribution is 7.89. The number of amides is 1. The molecular weight excluding hydrogens is 396 g/mol. The molecule has 1 aliphatic heterocycles. The third-order valence-electron chi connectivity index (χ3n) is 5.00. The first-order valence-electron chi connectivity index (χ1n) is 9.59. The number of rotatable bonds is 5. The quantitative estimate of drug-likeness (QED) is 0.581. The molecule has 2 atom stereocenters. The van der Waals surface area contributed by atoms with Gasteiger partial charge in [-0.25, -0.2) is 22.9 Å². The Bertz CT molecular complexity index is 1020. The van der Waals surface area contributed by atoms with Gasteiger partial charge in [-0.15, -0.1) is 0 Å². The van der Waals surface area contributed by atoms with Crippen LogP contribution in [0.3, 0.4) is 0 Å². The van der Waals surface area contributed by atoms with Gasteiger partial charge in [-0.3, -0.25) is 5.10 Å². The molecule has 0 unspecified atom stereocenters. The van der Waals surface area contributed by atoms with Crippen molar-refractivity contribution in [3.8, 4) is 0 Å². The number of carbonyl (C=O) groups excluding carboxylic acids is 1. The first-order chi connectivity index (χ1) is 13.8. The minimum absolute atomic E-state index is 0.0412. The molecule has 29 heavy (non-hydrogen) atoms. The predicted octanol–water partition coefficient (Wildman–Crippen LogP) is 2.11. The van der Waals surface area contributed by atoms with E-state index in [2.05, 4.69) is 30.5 Å². The molecule has 1 amide bonds. The molecule has 10 nitrogen and oxygen atoms in total. The average Bonchev–Trinajstić information content (AvgIpc) is 3.35. The van der Waals surface area contributed by atoms with E-state index < -0.39 is 10.0 Å². The van der Waals surface area contributed by atoms with Crippen molar-refractivity contribution < 1.29 is 17.9 Å². The maximum absolute atomic E-state index is 11.9. The number of aromatic nitrogens is 3. The van der Waals surface area contributed by atoms with E-state index in [1.807, 2.05) is 19.9 Å². The highest BCUT2D eigenvalue weighted by Gasteiger charge is 2.30. The van der Waals surface area contributed by atoms with Crippen LogP contribution in [-0.4, -0.2) is 41.8 Å². The van der Waals surface area contributed by atoms with Crippen molar-refractivity contribution in [2.24, 2.45) is 0 Å². The number of aromatic amines is 1. The number of H-pyrrole nitrogens is 1. The maximum Gasteiger partial charge on any atom is 0.407 e. The summed E-state index contributed by atoms with van der Waals surface area (Å²) in [4.78, 5) is 16.0. The lowest BCUT2D eigenvalue weighted by molar-refractivity contribution is 0.0981. The van der Waals surface area contributed by atoms with Gasteiger partial charge in [-0.05, 0) is 39.2 Å². The lowest BCUT2D eigenvalue weighted by atomic mass is 10.0. The van der Waals surface area contributed by atoms with Crippen LogP contribution in [0.5, 0.6) is 0 Å². The second kappa shape index (κ2) is 7.64. The van der Waals surface area contributed by atoms with Crippen molar-refractivity contribution in [3.63, 3.8) is 0 Å². The Kier molecular flexibility index (Phi) is 5.17. The monoisotopic (exact) mass is 420 g/mol. The van der Waals surface area contributed by atoms with E-state index in [-0.39, 0.29) is 35.7 Å². The molecule has 0 aromatic carbocycles. The van der Waals surface area contributed by atoms with Crippen molar-refractivity contribution in [2.45, 2.75) is 62.7 Å². The third kappa shape index (κ3) is 4.35. The standard InChI is InChI=1S/C18H24N6O4S/c1-10(2)20-18(25)28-13-5-3-11(7-13)14-8-16(24-23-14)21-15-6-4-12-9-19-29(26,27)17(12)22-15/h4,6,8,10-11,13,19H,3,5,7,9H2,1-2H3,(H,20,25)(H2,21,22,23,24)/t11-,13+/m0/s1. The Hall–Kier alpha value is -2.66. The summed E-state index contributed by atoms with van der Waals surface area (Å²) in [5, 5.41) is 13.1. The van der Waals surface area contributed by atoms with E-state index in [0.29, 0.717) is 17.2 Å². The molecule has 0 spiro atoms. The second-order valence-electron chi connectivity index (χ2n) is 7.66. The van der Waals surface area contributed by atoms with Crippen LogP contribution in [0.25, 0.3) is 0 Å². The van der Waals surface area contributed by atoms with Crippen molar-refractivity contribution in [1.29, 1.82) is 0 Å². The Morgan fingerprint density at radius 1 is 1.28 bits per heavy atom. The molecule has 2 aromatic heterocycles. The van der Waals surface area contributed by atoms with E-state index >= 15 is 0 Å². The molecule has 0 saturated heterocycles. The Morgan fingerprint density at radius 2 is 2.10 bits per heavy atom. The van der Waals surface area contributed by atoms with Gasteiger partial charge >= 0.3 is 6.09 Å². The molecule has 2 aliphatic rings. The summed E-state index contributed by atoms with van der Waals surface area (Å²) < 4.78 is 31.8. The summed E-state index contributed by atoms with van der Waals surface area (Å²) >= 11 is 0. The largest absolute Gasteiger partial charge is 0.446 e. The number of carbonyl (C=O) groups is 1. The molecule has 156 valence electrons. The second-order valence-corrected chi connectivity index (χ2v) is 9.34. The van der Waals surface area contributed by atoms with Crippen LogP contribution in [0.2, 0.25) is 0 Å². The molecule has 11 heteroatoms. The molecule has 1 aliphatic carbocycles. The van der Waals surface area contributed by atoms with E-state index in [0.717, 1.165) is 25.0 Å². The number of sulfonamides is 1. The van der Waals surface area contributed by atoms with Crippen LogP contribution in [0.4, 0.5) is 16.4 Å². The average molecular weight is 420 g/mol. The number of nitrogens with zero attached hydrogens (tertiary/aromatic N) is 2. The normalized spacial score (nSPS) is 22.4. The van der Waals surface area contributed by atoms with E-state index in [1.54, 1.807) is 12.1 Å². The highest BCUT2D eigenvalue weighted by atomic mass is 32.2. The number of hydrogen-bond donors (Lipinski definition) is 4. The highest BCUT2D eigenvalue weighted by Crippen LogP contribution is 2.36. The van der Waals surface area contributed by atoms with Gasteiger partial charge in [0.15, 0.2) is 10.8 Å². The fourth-order valence-electron chi connectivity index (χ4n) is 3.64. The molecule has 2 aromatic rings. The van der Waals surface area contributed by atoms with E-state index in [4.69, 9.17) is 4.74 Å². The molecular formula is C18H24N6O4S. The third-order valence-corrected chi connectivity index (χ3v) is 6.39. The molecule has 3 heterocycles. The number of fused-ring (bicyclic) bond motifs is 1. The molecule has 0 radical (unpaired) electrons.